The van der Waals surface area contributed by atoms with Crippen LogP contribution in [0.15, 0.2) is 6.20 Å². The van der Waals surface area contributed by atoms with Crippen LogP contribution < -0.4 is 10.6 Å². The van der Waals surface area contributed by atoms with Gasteiger partial charge in [-0.2, -0.15) is 4.98 Å². The molecular weight excluding hydrogens is 430 g/mol. The molecule has 0 bridgehead atoms. The maximum atomic E-state index is 12.8. The van der Waals surface area contributed by atoms with Crippen LogP contribution in [-0.4, -0.2) is 57.1 Å². The zero-order valence-corrected chi connectivity index (χ0v) is 19.5. The normalized spacial score (nSPS) is 24.8. The van der Waals surface area contributed by atoms with Crippen molar-refractivity contribution in [2.75, 3.05) is 11.9 Å². The van der Waals surface area contributed by atoms with Crippen molar-refractivity contribution < 1.29 is 14.3 Å². The minimum atomic E-state index is -0.580. The van der Waals surface area contributed by atoms with Crippen molar-refractivity contribution in [3.8, 4) is 11.8 Å². The summed E-state index contributed by atoms with van der Waals surface area (Å²) in [7, 11) is 0. The minimum Gasteiger partial charge on any atom is -0.444 e. The second-order valence-electron chi connectivity index (χ2n) is 9.79. The summed E-state index contributed by atoms with van der Waals surface area (Å²) in [6.07, 6.45) is 6.53. The Hall–Kier alpha value is -2.53. The number of nitrogens with zero attached hydrogens (tertiary/aromatic N) is 3. The fraction of sp³-hybridized carbons (Fsp3) is 0.652. The number of likely N-dealkylation sites (tertiary alicyclic amines) is 1. The van der Waals surface area contributed by atoms with Crippen LogP contribution in [0, 0.1) is 17.8 Å². The highest BCUT2D eigenvalue weighted by Gasteiger charge is 2.39. The Balaban J connectivity index is 1.28. The van der Waals surface area contributed by atoms with E-state index in [0.29, 0.717) is 24.8 Å². The Morgan fingerprint density at radius 2 is 1.97 bits per heavy atom. The molecule has 0 spiro atoms. The zero-order chi connectivity index (χ0) is 22.9. The first kappa shape index (κ1) is 22.7. The van der Waals surface area contributed by atoms with E-state index in [9.17, 15) is 9.59 Å². The quantitative estimate of drug-likeness (QED) is 0.529. The summed E-state index contributed by atoms with van der Waals surface area (Å²) in [6, 6.07) is 0.0614. The molecule has 1 aromatic heterocycles. The maximum absolute atomic E-state index is 12.8. The van der Waals surface area contributed by atoms with Gasteiger partial charge in [-0.05, 0) is 70.9 Å². The van der Waals surface area contributed by atoms with Crippen LogP contribution in [-0.2, 0) is 9.53 Å². The monoisotopic (exact) mass is 459 g/mol. The molecule has 1 aliphatic heterocycles. The van der Waals surface area contributed by atoms with Gasteiger partial charge in [0.2, 0.25) is 11.2 Å². The van der Waals surface area contributed by atoms with Crippen LogP contribution >= 0.6 is 11.6 Å². The van der Waals surface area contributed by atoms with E-state index >= 15 is 0 Å². The highest BCUT2D eigenvalue weighted by Crippen LogP contribution is 2.29. The average Bonchev–Trinajstić information content (AvgIpc) is 3.34. The molecule has 1 saturated heterocycles. The molecule has 1 atom stereocenters. The van der Waals surface area contributed by atoms with Crippen molar-refractivity contribution in [1.82, 2.24) is 20.2 Å². The highest BCUT2D eigenvalue weighted by molar-refractivity contribution is 6.28. The molecule has 8 nitrogen and oxygen atoms in total. The zero-order valence-electron chi connectivity index (χ0n) is 18.8. The van der Waals surface area contributed by atoms with E-state index in [4.69, 9.17) is 16.3 Å². The van der Waals surface area contributed by atoms with Gasteiger partial charge in [-0.3, -0.25) is 9.69 Å². The fourth-order valence-corrected chi connectivity index (χ4v) is 4.03. The molecule has 0 radical (unpaired) electrons. The van der Waals surface area contributed by atoms with Gasteiger partial charge in [0.05, 0.1) is 5.56 Å². The van der Waals surface area contributed by atoms with Crippen LogP contribution in [0.5, 0.6) is 0 Å². The SMILES string of the molecule is CC(C)(C)OC(=O)N1CCCC1C(=O)NC1CC(C#Cc2cnc(Cl)nc2NC2CC2)C1. The van der Waals surface area contributed by atoms with Crippen LogP contribution in [0.3, 0.4) is 0 Å². The van der Waals surface area contributed by atoms with E-state index in [-0.39, 0.29) is 23.2 Å². The van der Waals surface area contributed by atoms with Gasteiger partial charge >= 0.3 is 6.09 Å². The molecule has 2 heterocycles. The van der Waals surface area contributed by atoms with Gasteiger partial charge in [0.15, 0.2) is 0 Å². The molecule has 4 rings (SSSR count). The summed E-state index contributed by atoms with van der Waals surface area (Å²) < 4.78 is 5.45. The van der Waals surface area contributed by atoms with Crippen LogP contribution in [0.4, 0.5) is 10.6 Å². The number of nitrogens with one attached hydrogen (secondary N) is 2. The number of rotatable bonds is 4. The lowest BCUT2D eigenvalue weighted by molar-refractivity contribution is -0.126. The lowest BCUT2D eigenvalue weighted by Crippen LogP contribution is -2.52. The van der Waals surface area contributed by atoms with Gasteiger partial charge in [0.1, 0.15) is 17.5 Å². The predicted octanol–water partition coefficient (Wildman–Crippen LogP) is 3.35. The maximum Gasteiger partial charge on any atom is 0.410 e. The Morgan fingerprint density at radius 3 is 2.66 bits per heavy atom. The second kappa shape index (κ2) is 9.14. The number of hydrogen-bond acceptors (Lipinski definition) is 6. The van der Waals surface area contributed by atoms with Crippen molar-refractivity contribution in [3.05, 3.63) is 17.0 Å². The molecule has 2 amide bonds. The van der Waals surface area contributed by atoms with E-state index in [1.807, 2.05) is 20.8 Å². The third-order valence-electron chi connectivity index (χ3n) is 5.76. The van der Waals surface area contributed by atoms with Crippen molar-refractivity contribution in [2.45, 2.75) is 83.0 Å². The van der Waals surface area contributed by atoms with E-state index < -0.39 is 17.7 Å². The molecular formula is C23H30ClN5O3. The van der Waals surface area contributed by atoms with E-state index in [1.54, 1.807) is 11.1 Å². The Kier molecular flexibility index (Phi) is 6.47. The van der Waals surface area contributed by atoms with Gasteiger partial charge < -0.3 is 15.4 Å². The van der Waals surface area contributed by atoms with Crippen molar-refractivity contribution in [3.63, 3.8) is 0 Å². The van der Waals surface area contributed by atoms with E-state index in [1.165, 1.54) is 0 Å². The van der Waals surface area contributed by atoms with Crippen LogP contribution in [0.25, 0.3) is 0 Å². The van der Waals surface area contributed by atoms with Gasteiger partial charge in [0, 0.05) is 30.7 Å². The molecule has 172 valence electrons. The van der Waals surface area contributed by atoms with Crippen molar-refractivity contribution in [1.29, 1.82) is 0 Å². The van der Waals surface area contributed by atoms with E-state index in [0.717, 1.165) is 37.7 Å². The standard InChI is InChI=1S/C23H30ClN5O3/c1-23(2,3)32-22(31)29-10-4-5-18(29)20(30)27-17-11-14(12-17)6-7-15-13-25-21(24)28-19(15)26-16-8-9-16/h13-14,16-18H,4-5,8-12H2,1-3H3,(H,27,30)(H,25,26,28). The Labute approximate surface area is 193 Å². The number of anilines is 1. The average molecular weight is 460 g/mol. The number of carbonyl (C=O) groups is 2. The summed E-state index contributed by atoms with van der Waals surface area (Å²) in [4.78, 5) is 35.0. The second-order valence-corrected chi connectivity index (χ2v) is 10.1. The number of ether oxygens (including phenoxy) is 1. The van der Waals surface area contributed by atoms with Crippen LogP contribution in [0.2, 0.25) is 5.28 Å². The molecule has 1 aromatic rings. The minimum absolute atomic E-state index is 0.0772. The van der Waals surface area contributed by atoms with Gasteiger partial charge in [-0.15, -0.1) is 0 Å². The first-order valence-corrected chi connectivity index (χ1v) is 11.7. The molecule has 2 aliphatic carbocycles. The molecule has 0 aromatic carbocycles. The lowest BCUT2D eigenvalue weighted by Gasteiger charge is -2.34. The van der Waals surface area contributed by atoms with Crippen molar-refractivity contribution >= 4 is 29.4 Å². The predicted molar refractivity (Wildman–Crippen MR) is 121 cm³/mol. The number of carbonyl (C=O) groups excluding carboxylic acids is 2. The molecule has 2 N–H and O–H groups in total. The number of amides is 2. The Morgan fingerprint density at radius 1 is 1.22 bits per heavy atom. The molecule has 9 heteroatoms. The summed E-state index contributed by atoms with van der Waals surface area (Å²) in [5.41, 5.74) is 0.164. The fourth-order valence-electron chi connectivity index (χ4n) is 3.89. The van der Waals surface area contributed by atoms with Gasteiger partial charge in [-0.25, -0.2) is 9.78 Å². The third kappa shape index (κ3) is 5.83. The van der Waals surface area contributed by atoms with Gasteiger partial charge in [-0.1, -0.05) is 11.8 Å². The lowest BCUT2D eigenvalue weighted by atomic mass is 9.80. The summed E-state index contributed by atoms with van der Waals surface area (Å²) in [6.45, 7) is 6.03. The molecule has 3 fully saturated rings. The summed E-state index contributed by atoms with van der Waals surface area (Å²) in [5, 5.41) is 6.62. The first-order valence-electron chi connectivity index (χ1n) is 11.3. The topological polar surface area (TPSA) is 96.5 Å². The van der Waals surface area contributed by atoms with Crippen LogP contribution in [0.1, 0.15) is 64.9 Å². The van der Waals surface area contributed by atoms with E-state index in [2.05, 4.69) is 32.4 Å². The molecule has 2 saturated carbocycles. The summed E-state index contributed by atoms with van der Waals surface area (Å²) >= 11 is 5.92. The first-order chi connectivity index (χ1) is 15.2. The molecule has 1 unspecified atom stereocenters. The van der Waals surface area contributed by atoms with Gasteiger partial charge in [0.25, 0.3) is 0 Å². The molecule has 3 aliphatic rings. The van der Waals surface area contributed by atoms with Crippen molar-refractivity contribution in [2.24, 2.45) is 5.92 Å². The largest absolute Gasteiger partial charge is 0.444 e. The molecule has 32 heavy (non-hydrogen) atoms. The third-order valence-corrected chi connectivity index (χ3v) is 5.94. The number of halogens is 1. The number of hydrogen-bond donors (Lipinski definition) is 2. The number of aromatic nitrogens is 2. The highest BCUT2D eigenvalue weighted by atomic mass is 35.5. The summed E-state index contributed by atoms with van der Waals surface area (Å²) in [5.74, 6) is 7.22. The Bertz CT molecular complexity index is 941. The smallest absolute Gasteiger partial charge is 0.410 e.